The summed E-state index contributed by atoms with van der Waals surface area (Å²) < 4.78 is 6.98. The van der Waals surface area contributed by atoms with Crippen LogP contribution in [-0.4, -0.2) is 63.6 Å². The summed E-state index contributed by atoms with van der Waals surface area (Å²) in [5.41, 5.74) is 10.4. The van der Waals surface area contributed by atoms with E-state index >= 15 is 0 Å². The Hall–Kier alpha value is -4.14. The van der Waals surface area contributed by atoms with E-state index in [4.69, 9.17) is 10.5 Å². The van der Waals surface area contributed by atoms with Crippen molar-refractivity contribution in [3.8, 4) is 17.1 Å². The highest BCUT2D eigenvalue weighted by molar-refractivity contribution is 5.82. The van der Waals surface area contributed by atoms with Crippen LogP contribution in [0.2, 0.25) is 0 Å². The number of fused-ring (bicyclic) bond motifs is 1. The number of nitrogens with two attached hydrogens (primary N) is 1. The topological polar surface area (TPSA) is 102 Å². The van der Waals surface area contributed by atoms with E-state index in [0.29, 0.717) is 24.8 Å². The number of carbonyl (C=O) groups excluding carboxylic acids is 1. The van der Waals surface area contributed by atoms with Crippen molar-refractivity contribution in [1.82, 2.24) is 24.4 Å². The summed E-state index contributed by atoms with van der Waals surface area (Å²) in [5, 5.41) is 1.04. The first-order chi connectivity index (χ1) is 16.1. The molecule has 0 saturated carbocycles. The molecule has 0 unspecified atom stereocenters. The minimum absolute atomic E-state index is 0.0962. The molecule has 168 valence electrons. The molecule has 1 fully saturated rings. The van der Waals surface area contributed by atoms with E-state index in [1.54, 1.807) is 18.6 Å². The van der Waals surface area contributed by atoms with Crippen LogP contribution in [0, 0.1) is 0 Å². The lowest BCUT2D eigenvalue weighted by Crippen LogP contribution is -2.49. The molecular formula is C24H25N7O2. The van der Waals surface area contributed by atoms with Gasteiger partial charge in [-0.2, -0.15) is 0 Å². The molecule has 0 aliphatic carbocycles. The number of nitrogen functional groups attached to an aromatic ring is 1. The van der Waals surface area contributed by atoms with Crippen molar-refractivity contribution in [1.29, 1.82) is 0 Å². The van der Waals surface area contributed by atoms with Gasteiger partial charge in [0.15, 0.2) is 0 Å². The van der Waals surface area contributed by atoms with Gasteiger partial charge in [0.1, 0.15) is 12.2 Å². The number of methoxy groups -OCH3 is 1. The Morgan fingerprint density at radius 2 is 1.85 bits per heavy atom. The molecule has 33 heavy (non-hydrogen) atoms. The number of carbonyl (C=O) groups is 1. The van der Waals surface area contributed by atoms with E-state index in [-0.39, 0.29) is 12.5 Å². The van der Waals surface area contributed by atoms with E-state index in [1.807, 2.05) is 52.1 Å². The minimum Gasteiger partial charge on any atom is -0.467 e. The zero-order chi connectivity index (χ0) is 22.8. The number of anilines is 2. The minimum atomic E-state index is 0.0962. The molecular weight excluding hydrogens is 418 g/mol. The predicted molar refractivity (Wildman–Crippen MR) is 127 cm³/mol. The first-order valence-electron chi connectivity index (χ1n) is 10.8. The normalized spacial score (nSPS) is 14.0. The molecule has 0 spiro atoms. The van der Waals surface area contributed by atoms with Gasteiger partial charge < -0.3 is 24.8 Å². The van der Waals surface area contributed by atoms with Crippen LogP contribution in [0.4, 0.5) is 11.4 Å². The van der Waals surface area contributed by atoms with Crippen molar-refractivity contribution < 1.29 is 9.53 Å². The quantitative estimate of drug-likeness (QED) is 0.473. The molecule has 3 aromatic heterocycles. The molecule has 1 aliphatic rings. The molecule has 0 radical (unpaired) electrons. The summed E-state index contributed by atoms with van der Waals surface area (Å²) in [6.45, 7) is 3.04. The van der Waals surface area contributed by atoms with Gasteiger partial charge in [-0.15, -0.1) is 0 Å². The van der Waals surface area contributed by atoms with Crippen LogP contribution >= 0.6 is 0 Å². The van der Waals surface area contributed by atoms with Crippen molar-refractivity contribution >= 4 is 28.3 Å². The molecule has 4 aromatic rings. The molecule has 4 heterocycles. The molecule has 9 heteroatoms. The van der Waals surface area contributed by atoms with Gasteiger partial charge in [-0.1, -0.05) is 0 Å². The largest absolute Gasteiger partial charge is 0.467 e. The monoisotopic (exact) mass is 443 g/mol. The third kappa shape index (κ3) is 4.17. The van der Waals surface area contributed by atoms with Gasteiger partial charge in [-0.05, 0) is 36.4 Å². The van der Waals surface area contributed by atoms with E-state index < -0.39 is 0 Å². The molecule has 5 rings (SSSR count). The summed E-state index contributed by atoms with van der Waals surface area (Å²) in [5.74, 6) is 0.0962. The molecule has 1 aromatic carbocycles. The SMILES string of the molecule is COc1ncc(-c2cc(N)ccc2N2CCN(C(=O)Cn3ccc4cccnc43)CC2)cn1. The summed E-state index contributed by atoms with van der Waals surface area (Å²) in [7, 11) is 1.54. The maximum atomic E-state index is 13.0. The first-order valence-corrected chi connectivity index (χ1v) is 10.8. The molecule has 0 bridgehead atoms. The van der Waals surface area contributed by atoms with E-state index in [0.717, 1.165) is 40.9 Å². The third-order valence-electron chi connectivity index (χ3n) is 5.94. The lowest BCUT2D eigenvalue weighted by molar-refractivity contribution is -0.132. The van der Waals surface area contributed by atoms with Crippen LogP contribution in [0.3, 0.4) is 0 Å². The molecule has 1 saturated heterocycles. The second-order valence-corrected chi connectivity index (χ2v) is 7.96. The highest BCUT2D eigenvalue weighted by Crippen LogP contribution is 2.33. The number of hydrogen-bond acceptors (Lipinski definition) is 7. The number of benzene rings is 1. The number of aromatic nitrogens is 4. The summed E-state index contributed by atoms with van der Waals surface area (Å²) in [4.78, 5) is 30.0. The van der Waals surface area contributed by atoms with Gasteiger partial charge in [0.05, 0.1) is 7.11 Å². The smallest absolute Gasteiger partial charge is 0.316 e. The summed E-state index contributed by atoms with van der Waals surface area (Å²) in [6, 6.07) is 12.1. The molecule has 0 atom stereocenters. The van der Waals surface area contributed by atoms with Crippen LogP contribution < -0.4 is 15.4 Å². The fourth-order valence-electron chi connectivity index (χ4n) is 4.21. The third-order valence-corrected chi connectivity index (χ3v) is 5.94. The fraction of sp³-hybridized carbons (Fsp3) is 0.250. The van der Waals surface area contributed by atoms with Crippen LogP contribution in [0.5, 0.6) is 6.01 Å². The van der Waals surface area contributed by atoms with E-state index in [2.05, 4.69) is 19.9 Å². The van der Waals surface area contributed by atoms with Crippen molar-refractivity contribution in [3.05, 3.63) is 61.2 Å². The number of rotatable bonds is 5. The van der Waals surface area contributed by atoms with Crippen LogP contribution in [-0.2, 0) is 11.3 Å². The number of pyridine rings is 1. The molecule has 2 N–H and O–H groups in total. The van der Waals surface area contributed by atoms with Gasteiger partial charge in [0.25, 0.3) is 0 Å². The Balaban J connectivity index is 1.29. The van der Waals surface area contributed by atoms with Gasteiger partial charge in [0, 0.05) is 78.9 Å². The number of piperazine rings is 1. The zero-order valence-corrected chi connectivity index (χ0v) is 18.4. The van der Waals surface area contributed by atoms with Crippen molar-refractivity contribution in [2.75, 3.05) is 43.9 Å². The van der Waals surface area contributed by atoms with Crippen molar-refractivity contribution in [3.63, 3.8) is 0 Å². The second kappa shape index (κ2) is 8.78. The highest BCUT2D eigenvalue weighted by atomic mass is 16.5. The molecule has 9 nitrogen and oxygen atoms in total. The Kier molecular flexibility index (Phi) is 5.52. The number of hydrogen-bond donors (Lipinski definition) is 1. The number of amides is 1. The van der Waals surface area contributed by atoms with E-state index in [9.17, 15) is 4.79 Å². The van der Waals surface area contributed by atoms with Crippen LogP contribution in [0.1, 0.15) is 0 Å². The Labute approximate surface area is 191 Å². The summed E-state index contributed by atoms with van der Waals surface area (Å²) >= 11 is 0. The van der Waals surface area contributed by atoms with E-state index in [1.165, 1.54) is 7.11 Å². The summed E-state index contributed by atoms with van der Waals surface area (Å²) in [6.07, 6.45) is 7.14. The van der Waals surface area contributed by atoms with Crippen molar-refractivity contribution in [2.24, 2.45) is 0 Å². The second-order valence-electron chi connectivity index (χ2n) is 7.96. The molecule has 1 amide bonds. The maximum absolute atomic E-state index is 13.0. The Morgan fingerprint density at radius 3 is 2.61 bits per heavy atom. The fourth-order valence-corrected chi connectivity index (χ4v) is 4.21. The lowest BCUT2D eigenvalue weighted by Gasteiger charge is -2.37. The van der Waals surface area contributed by atoms with Gasteiger partial charge >= 0.3 is 6.01 Å². The lowest BCUT2D eigenvalue weighted by atomic mass is 10.0. The number of ether oxygens (including phenoxy) is 1. The average molecular weight is 444 g/mol. The maximum Gasteiger partial charge on any atom is 0.316 e. The first kappa shape index (κ1) is 20.7. The van der Waals surface area contributed by atoms with Crippen LogP contribution in [0.15, 0.2) is 61.2 Å². The van der Waals surface area contributed by atoms with Crippen LogP contribution in [0.25, 0.3) is 22.2 Å². The van der Waals surface area contributed by atoms with Gasteiger partial charge in [-0.25, -0.2) is 15.0 Å². The Bertz CT molecular complexity index is 1280. The highest BCUT2D eigenvalue weighted by Gasteiger charge is 2.23. The average Bonchev–Trinajstić information content (AvgIpc) is 3.27. The van der Waals surface area contributed by atoms with Gasteiger partial charge in [-0.3, -0.25) is 4.79 Å². The Morgan fingerprint density at radius 1 is 1.06 bits per heavy atom. The zero-order valence-electron chi connectivity index (χ0n) is 18.4. The van der Waals surface area contributed by atoms with Crippen molar-refractivity contribution in [2.45, 2.75) is 6.54 Å². The number of nitrogens with zero attached hydrogens (tertiary/aromatic N) is 6. The van der Waals surface area contributed by atoms with Gasteiger partial charge in [0.2, 0.25) is 5.91 Å². The standard InChI is InChI=1S/C24H25N7O2/c1-33-24-27-14-18(15-28-24)20-13-19(25)4-5-21(20)29-9-11-30(12-10-29)22(32)16-31-8-6-17-3-2-7-26-23(17)31/h2-8,13-15H,9-12,16,25H2,1H3. The predicted octanol–water partition coefficient (Wildman–Crippen LogP) is 2.43. The molecule has 1 aliphatic heterocycles.